The second-order valence-electron chi connectivity index (χ2n) is 11.1. The van der Waals surface area contributed by atoms with Gasteiger partial charge in [-0.3, -0.25) is 9.69 Å². The Kier molecular flexibility index (Phi) is 5.79. The van der Waals surface area contributed by atoms with Crippen LogP contribution in [0.3, 0.4) is 0 Å². The van der Waals surface area contributed by atoms with E-state index in [-0.39, 0.29) is 34.6 Å². The first kappa shape index (κ1) is 25.0. The van der Waals surface area contributed by atoms with Gasteiger partial charge >= 0.3 is 5.97 Å². The molecule has 1 spiro atoms. The molecule has 3 aliphatic heterocycles. The fourth-order valence-electron chi connectivity index (χ4n) is 7.15. The average molecular weight is 566 g/mol. The molecule has 39 heavy (non-hydrogen) atoms. The van der Waals surface area contributed by atoms with Gasteiger partial charge in [-0.2, -0.15) is 0 Å². The molecule has 6 nitrogen and oxygen atoms in total. The van der Waals surface area contributed by atoms with Gasteiger partial charge in [0.05, 0.1) is 10.6 Å². The minimum Gasteiger partial charge on any atom is -0.478 e. The van der Waals surface area contributed by atoms with Crippen LogP contribution < -0.4 is 10.6 Å². The fourth-order valence-corrected chi connectivity index (χ4v) is 7.51. The molecule has 3 fully saturated rings. The van der Waals surface area contributed by atoms with E-state index in [4.69, 9.17) is 23.2 Å². The second kappa shape index (κ2) is 9.03. The van der Waals surface area contributed by atoms with Crippen LogP contribution in [-0.2, 0) is 10.3 Å². The number of carbonyl (C=O) groups is 2. The number of hydrogen-bond acceptors (Lipinski definition) is 4. The summed E-state index contributed by atoms with van der Waals surface area (Å²) >= 11 is 12.6. The fraction of sp³-hybridized carbons (Fsp3) is 0.333. The SMILES string of the molecule is O=C(O)c1ccc(C2CC3C(N2)C(c2cccc(Cl)c2F)C2(C(=O)Nc4cc(Cl)ccc42)N3CC2CC2)cc1. The van der Waals surface area contributed by atoms with E-state index in [1.54, 1.807) is 36.4 Å². The van der Waals surface area contributed by atoms with Gasteiger partial charge in [0.1, 0.15) is 11.4 Å². The molecule has 5 unspecified atom stereocenters. The highest BCUT2D eigenvalue weighted by molar-refractivity contribution is 6.31. The molecule has 0 bridgehead atoms. The third kappa shape index (κ3) is 3.74. The predicted molar refractivity (Wildman–Crippen MR) is 147 cm³/mol. The lowest BCUT2D eigenvalue weighted by Crippen LogP contribution is -2.53. The lowest BCUT2D eigenvalue weighted by Gasteiger charge is -2.41. The number of anilines is 1. The van der Waals surface area contributed by atoms with E-state index >= 15 is 4.39 Å². The van der Waals surface area contributed by atoms with Gasteiger partial charge < -0.3 is 15.7 Å². The van der Waals surface area contributed by atoms with Gasteiger partial charge in [-0.05, 0) is 66.6 Å². The first-order valence-corrected chi connectivity index (χ1v) is 14.0. The standard InChI is InChI=1S/C30H26Cl2FN3O3/c31-18-10-11-20-23(12-18)35-29(39)30(20)25(19-2-1-3-21(32)26(19)33)27-24(36(30)14-15-4-5-15)13-22(34-27)16-6-8-17(9-7-16)28(37)38/h1-3,6-12,15,22,24-25,27,34H,4-5,13-14H2,(H,35,39)(H,37,38). The van der Waals surface area contributed by atoms with Crippen molar-refractivity contribution < 1.29 is 19.1 Å². The third-order valence-corrected chi connectivity index (χ3v) is 9.49. The summed E-state index contributed by atoms with van der Waals surface area (Å²) in [6.45, 7) is 0.724. The van der Waals surface area contributed by atoms with E-state index < -0.39 is 23.2 Å². The Labute approximate surface area is 235 Å². The largest absolute Gasteiger partial charge is 0.478 e. The molecule has 7 rings (SSSR count). The lowest BCUT2D eigenvalue weighted by atomic mass is 9.73. The number of nitrogens with zero attached hydrogens (tertiary/aromatic N) is 1. The van der Waals surface area contributed by atoms with E-state index in [0.29, 0.717) is 28.6 Å². The summed E-state index contributed by atoms with van der Waals surface area (Å²) in [5.41, 5.74) is 1.92. The van der Waals surface area contributed by atoms with Crippen molar-refractivity contribution in [3.8, 4) is 0 Å². The van der Waals surface area contributed by atoms with Gasteiger partial charge in [-0.1, -0.05) is 53.5 Å². The van der Waals surface area contributed by atoms with Gasteiger partial charge in [0, 0.05) is 46.9 Å². The molecule has 4 aliphatic rings. The van der Waals surface area contributed by atoms with Crippen LogP contribution in [0.2, 0.25) is 10.0 Å². The highest BCUT2D eigenvalue weighted by atomic mass is 35.5. The number of halogens is 3. The molecule has 0 radical (unpaired) electrons. The Morgan fingerprint density at radius 1 is 1.10 bits per heavy atom. The first-order valence-electron chi connectivity index (χ1n) is 13.2. The number of benzene rings is 3. The van der Waals surface area contributed by atoms with Crippen molar-refractivity contribution in [2.75, 3.05) is 11.9 Å². The monoisotopic (exact) mass is 565 g/mol. The van der Waals surface area contributed by atoms with Crippen LogP contribution in [0.5, 0.6) is 0 Å². The number of likely N-dealkylation sites (tertiary alicyclic amines) is 1. The normalized spacial score (nSPS) is 29.5. The molecule has 1 saturated carbocycles. The second-order valence-corrected chi connectivity index (χ2v) is 11.9. The van der Waals surface area contributed by atoms with Crippen LogP contribution in [-0.4, -0.2) is 40.5 Å². The Balaban J connectivity index is 1.39. The van der Waals surface area contributed by atoms with Crippen LogP contribution in [0.15, 0.2) is 60.7 Å². The molecule has 5 atom stereocenters. The van der Waals surface area contributed by atoms with Crippen molar-refractivity contribution in [3.05, 3.63) is 98.8 Å². The maximum Gasteiger partial charge on any atom is 0.335 e. The molecule has 3 N–H and O–H groups in total. The zero-order valence-corrected chi connectivity index (χ0v) is 22.3. The van der Waals surface area contributed by atoms with Gasteiger partial charge in [0.15, 0.2) is 0 Å². The van der Waals surface area contributed by atoms with Gasteiger partial charge in [-0.15, -0.1) is 0 Å². The number of fused-ring (bicyclic) bond motifs is 3. The highest BCUT2D eigenvalue weighted by Crippen LogP contribution is 2.61. The number of carboxylic acids is 1. The predicted octanol–water partition coefficient (Wildman–Crippen LogP) is 5.96. The van der Waals surface area contributed by atoms with E-state index in [1.807, 2.05) is 18.2 Å². The minimum absolute atomic E-state index is 0.0217. The van der Waals surface area contributed by atoms with Crippen LogP contribution in [0.25, 0.3) is 0 Å². The Morgan fingerprint density at radius 2 is 1.87 bits per heavy atom. The molecule has 200 valence electrons. The quantitative estimate of drug-likeness (QED) is 0.355. The maximum atomic E-state index is 15.9. The number of carbonyl (C=O) groups excluding carboxylic acids is 1. The Morgan fingerprint density at radius 3 is 2.59 bits per heavy atom. The molecule has 2 saturated heterocycles. The minimum atomic E-state index is -1.13. The maximum absolute atomic E-state index is 15.9. The number of aromatic carboxylic acids is 1. The van der Waals surface area contributed by atoms with Gasteiger partial charge in [0.2, 0.25) is 5.91 Å². The summed E-state index contributed by atoms with van der Waals surface area (Å²) in [6, 6.07) is 16.9. The van der Waals surface area contributed by atoms with Crippen LogP contribution >= 0.6 is 23.2 Å². The number of hydrogen-bond donors (Lipinski definition) is 3. The van der Waals surface area contributed by atoms with Crippen LogP contribution in [0, 0.1) is 11.7 Å². The van der Waals surface area contributed by atoms with Crippen molar-refractivity contribution in [1.82, 2.24) is 10.2 Å². The van der Waals surface area contributed by atoms with Crippen molar-refractivity contribution in [2.24, 2.45) is 5.92 Å². The summed E-state index contributed by atoms with van der Waals surface area (Å²) in [5.74, 6) is -1.75. The van der Waals surface area contributed by atoms with Crippen LogP contribution in [0.1, 0.15) is 58.3 Å². The average Bonchev–Trinajstić information content (AvgIpc) is 3.48. The molecule has 9 heteroatoms. The Hall–Kier alpha value is -2.97. The molecule has 0 aromatic heterocycles. The zero-order chi connectivity index (χ0) is 27.1. The molecule has 3 aromatic carbocycles. The molecular weight excluding hydrogens is 540 g/mol. The summed E-state index contributed by atoms with van der Waals surface area (Å²) in [6.07, 6.45) is 2.89. The number of nitrogens with one attached hydrogen (secondary N) is 2. The topological polar surface area (TPSA) is 81.7 Å². The van der Waals surface area contributed by atoms with Crippen molar-refractivity contribution in [3.63, 3.8) is 0 Å². The number of amides is 1. The highest BCUT2D eigenvalue weighted by Gasteiger charge is 2.69. The smallest absolute Gasteiger partial charge is 0.335 e. The number of rotatable bonds is 5. The summed E-state index contributed by atoms with van der Waals surface area (Å²) in [5, 5.41) is 16.7. The van der Waals surface area contributed by atoms with Crippen molar-refractivity contribution in [1.29, 1.82) is 0 Å². The van der Waals surface area contributed by atoms with E-state index in [1.165, 1.54) is 6.07 Å². The summed E-state index contributed by atoms with van der Waals surface area (Å²) < 4.78 is 15.9. The molecule has 1 aliphatic carbocycles. The van der Waals surface area contributed by atoms with Crippen molar-refractivity contribution in [2.45, 2.75) is 48.8 Å². The van der Waals surface area contributed by atoms with Crippen molar-refractivity contribution >= 4 is 40.8 Å². The Bertz CT molecular complexity index is 1510. The molecular formula is C30H26Cl2FN3O3. The van der Waals surface area contributed by atoms with E-state index in [0.717, 1.165) is 30.5 Å². The van der Waals surface area contributed by atoms with Gasteiger partial charge in [0.25, 0.3) is 0 Å². The van der Waals surface area contributed by atoms with E-state index in [9.17, 15) is 14.7 Å². The zero-order valence-electron chi connectivity index (χ0n) is 20.8. The molecule has 3 heterocycles. The molecule has 3 aromatic rings. The summed E-state index contributed by atoms with van der Waals surface area (Å²) in [4.78, 5) is 27.9. The third-order valence-electron chi connectivity index (χ3n) is 8.96. The van der Waals surface area contributed by atoms with Gasteiger partial charge in [-0.25, -0.2) is 9.18 Å². The number of carboxylic acid groups (broad SMARTS) is 1. The van der Waals surface area contributed by atoms with Crippen LogP contribution in [0.4, 0.5) is 10.1 Å². The summed E-state index contributed by atoms with van der Waals surface area (Å²) in [7, 11) is 0. The molecule has 1 amide bonds. The lowest BCUT2D eigenvalue weighted by molar-refractivity contribution is -0.128. The first-order chi connectivity index (χ1) is 18.8. The van der Waals surface area contributed by atoms with E-state index in [2.05, 4.69) is 15.5 Å².